The lowest BCUT2D eigenvalue weighted by Crippen LogP contribution is -3.00. The number of amides is 1. The fourth-order valence-electron chi connectivity index (χ4n) is 4.29. The average molecular weight is 591 g/mol. The van der Waals surface area contributed by atoms with Crippen molar-refractivity contribution in [3.05, 3.63) is 92.1 Å². The molecule has 190 valence electrons. The number of carbonyl (C=O) groups excluding carboxylic acids is 1. The van der Waals surface area contributed by atoms with E-state index in [1.165, 1.54) is 11.5 Å². The Morgan fingerprint density at radius 2 is 1.83 bits per heavy atom. The minimum absolute atomic E-state index is 0. The van der Waals surface area contributed by atoms with E-state index in [4.69, 9.17) is 10.7 Å². The van der Waals surface area contributed by atoms with E-state index in [0.717, 1.165) is 10.0 Å². The van der Waals surface area contributed by atoms with Crippen molar-refractivity contribution in [3.8, 4) is 0 Å². The number of benzene rings is 2. The molecule has 0 fully saturated rings. The van der Waals surface area contributed by atoms with Crippen molar-refractivity contribution >= 4 is 43.6 Å². The fourth-order valence-corrected chi connectivity index (χ4v) is 5.33. The molecular formula is C26H29BrClN5O2S. The molecule has 1 atom stereocenters. The number of hydrogen-bond donors (Lipinski definition) is 1. The third-order valence-electron chi connectivity index (χ3n) is 5.93. The number of fused-ring (bicyclic) bond motifs is 1. The molecule has 0 saturated carbocycles. The Morgan fingerprint density at radius 1 is 1.17 bits per heavy atom. The normalized spacial score (nSPS) is 11.9. The van der Waals surface area contributed by atoms with Gasteiger partial charge < -0.3 is 23.0 Å². The molecule has 0 radical (unpaired) electrons. The Balaban J connectivity index is 0.00000241. The molecule has 7 nitrogen and oxygen atoms in total. The zero-order valence-corrected chi connectivity index (χ0v) is 23.5. The first-order chi connectivity index (χ1) is 16.8. The first kappa shape index (κ1) is 28.0. The van der Waals surface area contributed by atoms with Crippen LogP contribution in [0.5, 0.6) is 0 Å². The van der Waals surface area contributed by atoms with Gasteiger partial charge in [0.25, 0.3) is 11.5 Å². The quantitative estimate of drug-likeness (QED) is 0.338. The molecule has 4 rings (SSSR count). The highest BCUT2D eigenvalue weighted by Crippen LogP contribution is 2.31. The van der Waals surface area contributed by atoms with Crippen LogP contribution < -0.4 is 23.7 Å². The highest BCUT2D eigenvalue weighted by atomic mass is 79.9. The molecule has 0 spiro atoms. The second-order valence-corrected chi connectivity index (χ2v) is 10.4. The van der Waals surface area contributed by atoms with Crippen LogP contribution in [-0.4, -0.2) is 37.8 Å². The van der Waals surface area contributed by atoms with Gasteiger partial charge in [0.2, 0.25) is 0 Å². The Morgan fingerprint density at radius 3 is 2.44 bits per heavy atom. The summed E-state index contributed by atoms with van der Waals surface area (Å²) in [6.45, 7) is 6.86. The van der Waals surface area contributed by atoms with Crippen LogP contribution in [0.2, 0.25) is 0 Å². The summed E-state index contributed by atoms with van der Waals surface area (Å²) in [6.07, 6.45) is 0. The van der Waals surface area contributed by atoms with Crippen LogP contribution in [0, 0.1) is 12.8 Å². The number of nitrogens with zero attached hydrogens (tertiary/aromatic N) is 4. The summed E-state index contributed by atoms with van der Waals surface area (Å²) in [4.78, 5) is 34.8. The average Bonchev–Trinajstić information content (AvgIpc) is 3.22. The minimum atomic E-state index is -0.460. The smallest absolute Gasteiger partial charge is 1.00 e. The van der Waals surface area contributed by atoms with Gasteiger partial charge in [0.1, 0.15) is 5.82 Å². The Hall–Kier alpha value is -2.59. The van der Waals surface area contributed by atoms with Crippen LogP contribution in [-0.2, 0) is 6.54 Å². The zero-order chi connectivity index (χ0) is 25.1. The Labute approximate surface area is 230 Å². The van der Waals surface area contributed by atoms with Gasteiger partial charge in [-0.15, -0.1) is 0 Å². The lowest BCUT2D eigenvalue weighted by atomic mass is 9.99. The SMILES string of the molecule is Cc1nsc2nc(C(C(C)C)N(CCN)C(=O)c3ccc(Br)cc3)n(Cc3ccccc3)c(=O)c12.[Cl-].[H+]. The largest absolute Gasteiger partial charge is 1.00 e. The second-order valence-electron chi connectivity index (χ2n) is 8.78. The van der Waals surface area contributed by atoms with E-state index in [0.29, 0.717) is 40.4 Å². The van der Waals surface area contributed by atoms with Gasteiger partial charge in [0, 0.05) is 23.1 Å². The van der Waals surface area contributed by atoms with Crippen LogP contribution in [0.1, 0.15) is 48.8 Å². The number of nitrogens with two attached hydrogens (primary N) is 1. The van der Waals surface area contributed by atoms with Crippen LogP contribution in [0.25, 0.3) is 10.2 Å². The van der Waals surface area contributed by atoms with Gasteiger partial charge in [-0.1, -0.05) is 60.1 Å². The highest BCUT2D eigenvalue weighted by Gasteiger charge is 2.33. The predicted octanol–water partition coefficient (Wildman–Crippen LogP) is 1.89. The predicted molar refractivity (Wildman–Crippen MR) is 145 cm³/mol. The fraction of sp³-hybridized carbons (Fsp3) is 0.308. The van der Waals surface area contributed by atoms with Crippen molar-refractivity contribution in [1.29, 1.82) is 0 Å². The summed E-state index contributed by atoms with van der Waals surface area (Å²) >= 11 is 4.64. The van der Waals surface area contributed by atoms with Crippen molar-refractivity contribution in [2.45, 2.75) is 33.4 Å². The summed E-state index contributed by atoms with van der Waals surface area (Å²) in [7, 11) is 0. The first-order valence-electron chi connectivity index (χ1n) is 11.5. The zero-order valence-electron chi connectivity index (χ0n) is 21.3. The maximum atomic E-state index is 13.8. The molecule has 2 heterocycles. The maximum Gasteiger partial charge on any atom is 1.00 e. The number of halogens is 2. The molecule has 36 heavy (non-hydrogen) atoms. The van der Waals surface area contributed by atoms with Gasteiger partial charge in [-0.25, -0.2) is 4.98 Å². The van der Waals surface area contributed by atoms with Gasteiger partial charge in [0.15, 0.2) is 4.83 Å². The van der Waals surface area contributed by atoms with Crippen molar-refractivity contribution in [3.63, 3.8) is 0 Å². The molecule has 0 aliphatic rings. The summed E-state index contributed by atoms with van der Waals surface area (Å²) in [6, 6.07) is 16.6. The van der Waals surface area contributed by atoms with Crippen molar-refractivity contribution in [2.24, 2.45) is 11.7 Å². The van der Waals surface area contributed by atoms with Crippen molar-refractivity contribution in [1.82, 2.24) is 18.8 Å². The third kappa shape index (κ3) is 5.70. The molecule has 2 aromatic heterocycles. The molecule has 0 bridgehead atoms. The van der Waals surface area contributed by atoms with E-state index in [9.17, 15) is 9.59 Å². The van der Waals surface area contributed by atoms with E-state index in [-0.39, 0.29) is 37.8 Å². The molecule has 0 aliphatic carbocycles. The van der Waals surface area contributed by atoms with E-state index in [2.05, 4.69) is 20.3 Å². The second kappa shape index (κ2) is 12.1. The van der Waals surface area contributed by atoms with E-state index in [1.54, 1.807) is 21.6 Å². The van der Waals surface area contributed by atoms with Gasteiger partial charge in [-0.05, 0) is 54.2 Å². The van der Waals surface area contributed by atoms with Gasteiger partial charge in [-0.2, -0.15) is 4.37 Å². The summed E-state index contributed by atoms with van der Waals surface area (Å²) in [5.41, 5.74) is 8.03. The van der Waals surface area contributed by atoms with Crippen molar-refractivity contribution < 1.29 is 18.6 Å². The summed E-state index contributed by atoms with van der Waals surface area (Å²) in [5.74, 6) is 0.369. The molecule has 4 aromatic rings. The van der Waals surface area contributed by atoms with Crippen LogP contribution in [0.4, 0.5) is 0 Å². The molecule has 0 aliphatic heterocycles. The number of rotatable bonds is 8. The van der Waals surface area contributed by atoms with Gasteiger partial charge in [-0.3, -0.25) is 14.2 Å². The van der Waals surface area contributed by atoms with Crippen LogP contribution in [0.15, 0.2) is 63.9 Å². The topological polar surface area (TPSA) is 94.1 Å². The number of aryl methyl sites for hydroxylation is 1. The third-order valence-corrected chi connectivity index (χ3v) is 7.30. The number of carbonyl (C=O) groups is 1. The van der Waals surface area contributed by atoms with E-state index < -0.39 is 6.04 Å². The molecular weight excluding hydrogens is 562 g/mol. The Bertz CT molecular complexity index is 1400. The standard InChI is InChI=1S/C26H28BrN5O2S.ClH/c1-16(2)22(31(14-13-28)25(33)19-9-11-20(27)12-10-19)23-29-24-21(17(3)30-35-24)26(34)32(23)15-18-7-5-4-6-8-18;/h4-12,16,22H,13-15,28H2,1-3H3;1H. The van der Waals surface area contributed by atoms with Crippen molar-refractivity contribution in [2.75, 3.05) is 13.1 Å². The molecule has 1 unspecified atom stereocenters. The summed E-state index contributed by atoms with van der Waals surface area (Å²) in [5, 5.41) is 0.529. The van der Waals surface area contributed by atoms with Crippen LogP contribution >= 0.6 is 27.5 Å². The Kier molecular flexibility index (Phi) is 9.41. The molecule has 0 saturated heterocycles. The van der Waals surface area contributed by atoms with E-state index in [1.807, 2.05) is 63.2 Å². The van der Waals surface area contributed by atoms with Gasteiger partial charge in [0.05, 0.1) is 23.7 Å². The van der Waals surface area contributed by atoms with E-state index >= 15 is 0 Å². The molecule has 10 heteroatoms. The maximum absolute atomic E-state index is 13.8. The molecule has 2 aromatic carbocycles. The molecule has 1 amide bonds. The number of aromatic nitrogens is 3. The monoisotopic (exact) mass is 589 g/mol. The van der Waals surface area contributed by atoms with Gasteiger partial charge >= 0.3 is 1.43 Å². The van der Waals surface area contributed by atoms with Crippen LogP contribution in [0.3, 0.4) is 0 Å². The minimum Gasteiger partial charge on any atom is -1.00 e. The molecule has 2 N–H and O–H groups in total. The lowest BCUT2D eigenvalue weighted by Gasteiger charge is -2.35. The first-order valence-corrected chi connectivity index (χ1v) is 13.1. The highest BCUT2D eigenvalue weighted by molar-refractivity contribution is 9.10. The number of hydrogen-bond acceptors (Lipinski definition) is 6. The summed E-state index contributed by atoms with van der Waals surface area (Å²) < 4.78 is 6.97. The lowest BCUT2D eigenvalue weighted by molar-refractivity contribution is -0.0000175.